The lowest BCUT2D eigenvalue weighted by Crippen LogP contribution is -2.35. The molecule has 0 unspecified atom stereocenters. The van der Waals surface area contributed by atoms with Crippen LogP contribution in [0.25, 0.3) is 0 Å². The maximum Gasteiger partial charge on any atom is 0.313 e. The van der Waals surface area contributed by atoms with Gasteiger partial charge in [0.05, 0.1) is 14.7 Å². The smallest absolute Gasteiger partial charge is 0.313 e. The first-order valence-electron chi connectivity index (χ1n) is 8.60. The molecule has 3 rings (SSSR count). The Morgan fingerprint density at radius 1 is 0.897 bits per heavy atom. The van der Waals surface area contributed by atoms with Gasteiger partial charge in [-0.3, -0.25) is 20.2 Å². The minimum atomic E-state index is -3.89. The predicted octanol–water partition coefficient (Wildman–Crippen LogP) is 4.12. The zero-order chi connectivity index (χ0) is 21.2. The average molecular weight is 442 g/mol. The first-order valence-corrected chi connectivity index (χ1v) is 10.4. The van der Waals surface area contributed by atoms with Crippen LogP contribution < -0.4 is 4.74 Å². The van der Waals surface area contributed by atoms with E-state index in [0.717, 1.165) is 37.5 Å². The number of nitro benzene ring substituents is 2. The van der Waals surface area contributed by atoms with E-state index in [1.165, 1.54) is 22.5 Å². The highest BCUT2D eigenvalue weighted by molar-refractivity contribution is 7.89. The van der Waals surface area contributed by atoms with Gasteiger partial charge >= 0.3 is 11.4 Å². The fourth-order valence-corrected chi connectivity index (χ4v) is 4.68. The van der Waals surface area contributed by atoms with Gasteiger partial charge in [0.15, 0.2) is 0 Å². The summed E-state index contributed by atoms with van der Waals surface area (Å²) in [6.45, 7) is 0.705. The molecule has 0 bridgehead atoms. The summed E-state index contributed by atoms with van der Waals surface area (Å²) < 4.78 is 32.2. The average Bonchev–Trinajstić information content (AvgIpc) is 2.69. The minimum Gasteiger partial charge on any atom is -0.443 e. The summed E-state index contributed by atoms with van der Waals surface area (Å²) in [4.78, 5) is 20.9. The first-order chi connectivity index (χ1) is 13.7. The zero-order valence-electron chi connectivity index (χ0n) is 15.0. The van der Waals surface area contributed by atoms with E-state index in [4.69, 9.17) is 16.3 Å². The Kier molecular flexibility index (Phi) is 6.01. The number of sulfonamides is 1. The maximum atomic E-state index is 12.8. The molecule has 0 radical (unpaired) electrons. The molecule has 12 heteroatoms. The van der Waals surface area contributed by atoms with Crippen LogP contribution >= 0.6 is 11.6 Å². The molecule has 1 heterocycles. The SMILES string of the molecule is O=[N+]([O-])c1cc(Cl)ccc1Oc1ccc(S(=O)(=O)N2CCCCC2)cc1[N+](=O)[O-]. The lowest BCUT2D eigenvalue weighted by molar-refractivity contribution is -0.387. The monoisotopic (exact) mass is 441 g/mol. The molecule has 2 aromatic rings. The van der Waals surface area contributed by atoms with Crippen LogP contribution in [0.3, 0.4) is 0 Å². The van der Waals surface area contributed by atoms with E-state index in [0.29, 0.717) is 13.1 Å². The summed E-state index contributed by atoms with van der Waals surface area (Å²) in [5, 5.41) is 22.8. The number of nitro groups is 2. The van der Waals surface area contributed by atoms with Crippen molar-refractivity contribution in [3.63, 3.8) is 0 Å². The molecule has 0 atom stereocenters. The van der Waals surface area contributed by atoms with Crippen molar-refractivity contribution in [2.75, 3.05) is 13.1 Å². The second kappa shape index (κ2) is 8.31. The molecule has 0 aromatic heterocycles. The van der Waals surface area contributed by atoms with Gasteiger partial charge in [0.25, 0.3) is 0 Å². The van der Waals surface area contributed by atoms with Gasteiger partial charge in [0, 0.05) is 30.2 Å². The topological polar surface area (TPSA) is 133 Å². The van der Waals surface area contributed by atoms with Gasteiger partial charge in [-0.05, 0) is 37.1 Å². The third-order valence-corrected chi connectivity index (χ3v) is 6.55. The Bertz CT molecular complexity index is 1070. The van der Waals surface area contributed by atoms with Crippen LogP contribution in [0, 0.1) is 20.2 Å². The van der Waals surface area contributed by atoms with Crippen molar-refractivity contribution in [2.45, 2.75) is 24.2 Å². The van der Waals surface area contributed by atoms with Crippen LogP contribution in [0.15, 0.2) is 41.3 Å². The molecule has 0 aliphatic carbocycles. The van der Waals surface area contributed by atoms with Crippen LogP contribution in [0.5, 0.6) is 11.5 Å². The molecule has 154 valence electrons. The normalized spacial score (nSPS) is 15.1. The fraction of sp³-hybridized carbons (Fsp3) is 0.294. The predicted molar refractivity (Wildman–Crippen MR) is 104 cm³/mol. The Morgan fingerprint density at radius 3 is 2.03 bits per heavy atom. The summed E-state index contributed by atoms with van der Waals surface area (Å²) in [7, 11) is -3.89. The summed E-state index contributed by atoms with van der Waals surface area (Å²) >= 11 is 5.75. The number of nitrogens with zero attached hydrogens (tertiary/aromatic N) is 3. The van der Waals surface area contributed by atoms with Crippen molar-refractivity contribution in [1.29, 1.82) is 0 Å². The van der Waals surface area contributed by atoms with Crippen molar-refractivity contribution < 1.29 is 23.0 Å². The van der Waals surface area contributed by atoms with Crippen LogP contribution in [0.1, 0.15) is 19.3 Å². The van der Waals surface area contributed by atoms with E-state index in [-0.39, 0.29) is 21.4 Å². The molecule has 1 aliphatic heterocycles. The molecule has 0 saturated carbocycles. The van der Waals surface area contributed by atoms with Crippen LogP contribution in [0.2, 0.25) is 5.02 Å². The highest BCUT2D eigenvalue weighted by atomic mass is 35.5. The highest BCUT2D eigenvalue weighted by Crippen LogP contribution is 2.38. The van der Waals surface area contributed by atoms with E-state index in [1.54, 1.807) is 0 Å². The van der Waals surface area contributed by atoms with Gasteiger partial charge in [-0.2, -0.15) is 4.31 Å². The molecule has 2 aromatic carbocycles. The fourth-order valence-electron chi connectivity index (χ4n) is 2.98. The number of ether oxygens (including phenoxy) is 1. The van der Waals surface area contributed by atoms with Gasteiger partial charge < -0.3 is 4.74 Å². The Hall–Kier alpha value is -2.76. The summed E-state index contributed by atoms with van der Waals surface area (Å²) in [6, 6.07) is 6.81. The Balaban J connectivity index is 2.00. The zero-order valence-corrected chi connectivity index (χ0v) is 16.6. The van der Waals surface area contributed by atoms with Crippen molar-refractivity contribution in [2.24, 2.45) is 0 Å². The number of piperidine rings is 1. The molecule has 0 amide bonds. The largest absolute Gasteiger partial charge is 0.443 e. The molecule has 29 heavy (non-hydrogen) atoms. The maximum absolute atomic E-state index is 12.8. The number of halogens is 1. The Labute approximate surface area is 171 Å². The lowest BCUT2D eigenvalue weighted by atomic mass is 10.2. The number of hydrogen-bond acceptors (Lipinski definition) is 7. The van der Waals surface area contributed by atoms with Gasteiger partial charge in [-0.25, -0.2) is 8.42 Å². The van der Waals surface area contributed by atoms with Gasteiger partial charge in [-0.1, -0.05) is 18.0 Å². The molecule has 10 nitrogen and oxygen atoms in total. The number of benzene rings is 2. The molecule has 0 spiro atoms. The van der Waals surface area contributed by atoms with Crippen molar-refractivity contribution in [3.05, 3.63) is 61.6 Å². The summed E-state index contributed by atoms with van der Waals surface area (Å²) in [5.74, 6) is -0.577. The van der Waals surface area contributed by atoms with Crippen molar-refractivity contribution in [1.82, 2.24) is 4.31 Å². The molecular formula is C17H16ClN3O7S. The first kappa shape index (κ1) is 21.0. The van der Waals surface area contributed by atoms with E-state index in [9.17, 15) is 28.6 Å². The second-order valence-corrected chi connectivity index (χ2v) is 8.70. The van der Waals surface area contributed by atoms with Crippen molar-refractivity contribution in [3.8, 4) is 11.5 Å². The van der Waals surface area contributed by atoms with E-state index < -0.39 is 31.2 Å². The van der Waals surface area contributed by atoms with E-state index in [1.807, 2.05) is 0 Å². The van der Waals surface area contributed by atoms with Gasteiger partial charge in [0.2, 0.25) is 21.5 Å². The van der Waals surface area contributed by atoms with E-state index in [2.05, 4.69) is 0 Å². The van der Waals surface area contributed by atoms with Crippen LogP contribution in [-0.4, -0.2) is 35.7 Å². The molecule has 0 N–H and O–H groups in total. The number of hydrogen-bond donors (Lipinski definition) is 0. The third kappa shape index (κ3) is 4.47. The van der Waals surface area contributed by atoms with Crippen LogP contribution in [-0.2, 0) is 10.0 Å². The highest BCUT2D eigenvalue weighted by Gasteiger charge is 2.29. The van der Waals surface area contributed by atoms with Crippen molar-refractivity contribution >= 4 is 33.0 Å². The number of rotatable bonds is 6. The van der Waals surface area contributed by atoms with Gasteiger partial charge in [0.1, 0.15) is 0 Å². The van der Waals surface area contributed by atoms with E-state index >= 15 is 0 Å². The minimum absolute atomic E-state index is 0.0986. The molecule has 1 saturated heterocycles. The lowest BCUT2D eigenvalue weighted by Gasteiger charge is -2.25. The van der Waals surface area contributed by atoms with Crippen LogP contribution in [0.4, 0.5) is 11.4 Å². The summed E-state index contributed by atoms with van der Waals surface area (Å²) in [5.41, 5.74) is -1.09. The second-order valence-electron chi connectivity index (χ2n) is 6.32. The molecular weight excluding hydrogens is 426 g/mol. The Morgan fingerprint density at radius 2 is 1.45 bits per heavy atom. The molecule has 1 fully saturated rings. The standard InChI is InChI=1S/C17H16ClN3O7S/c18-12-4-6-16(14(10-12)20(22)23)28-17-7-5-13(11-15(17)21(24)25)29(26,27)19-8-2-1-3-9-19/h4-7,10-11H,1-3,8-9H2. The summed E-state index contributed by atoms with van der Waals surface area (Å²) in [6.07, 6.45) is 2.38. The van der Waals surface area contributed by atoms with Gasteiger partial charge in [-0.15, -0.1) is 0 Å². The third-order valence-electron chi connectivity index (χ3n) is 4.42. The quantitative estimate of drug-likeness (QED) is 0.486. The molecule has 1 aliphatic rings.